The molecule has 91 heavy (non-hydrogen) atoms. The summed E-state index contributed by atoms with van der Waals surface area (Å²) in [5.41, 5.74) is 13.1. The Labute approximate surface area is 543 Å². The Kier molecular flexibility index (Phi) is 25.1. The van der Waals surface area contributed by atoms with Gasteiger partial charge in [-0.15, -0.1) is 0 Å². The van der Waals surface area contributed by atoms with Crippen LogP contribution in [0.1, 0.15) is 151 Å². The first-order chi connectivity index (χ1) is 43.8. The highest BCUT2D eigenvalue weighted by Gasteiger charge is 2.31. The van der Waals surface area contributed by atoms with Gasteiger partial charge in [0.05, 0.1) is 0 Å². The Hall–Kier alpha value is -8.18. The van der Waals surface area contributed by atoms with Crippen LogP contribution in [0.3, 0.4) is 0 Å². The second-order valence-corrected chi connectivity index (χ2v) is 25.7. The number of benzene rings is 2. The van der Waals surface area contributed by atoms with Crippen LogP contribution in [0, 0.1) is 0 Å². The number of nitrogens with two attached hydrogens (primary N) is 1. The van der Waals surface area contributed by atoms with E-state index in [0.717, 1.165) is 141 Å². The standard InChI is InChI=1S/C34H45N7O4.C19H24BrN5.C15H22N2O4/c1-5-26-30(36-20-28(32(42)45-34(2,3)4)40-33(43)44-21-23-10-7-6-8-11-23)37-22-38-31(26)41-18-15-24(16-19-41)27-14-13-25-12-9-17-35-29(25)39-27;1-2-15-17(20)22-12-23-19(15)25-10-7-13(8-11-25)16-6-5-14-4-3-9-21-18(14)24-16;1-15(2,3)21-13(18)12(9-16)17-14(19)20-10-11-7-5-4-6-8-11/h6-8,10-11,13-14,22,24,28H,5,9,12,15-21H2,1-4H3,(H,35,39)(H,40,43)(H,36,37,38);5-6,12-13H,2-4,7-11H2,1H3,(H,21,24);4-8,12H,9-10,16H2,1-3H3,(H,17,19)/t28-;;12-/m0.0/s1. The number of aryl methyl sites for hydroxylation is 2. The molecule has 6 aromatic rings. The van der Waals surface area contributed by atoms with E-state index in [2.05, 4.69) is 110 Å². The summed E-state index contributed by atoms with van der Waals surface area (Å²) in [6.07, 6.45) is 12.2. The van der Waals surface area contributed by atoms with Crippen LogP contribution in [0.5, 0.6) is 0 Å². The number of nitrogens with zero attached hydrogens (tertiary/aromatic N) is 8. The molecule has 2 saturated heterocycles. The lowest BCUT2D eigenvalue weighted by Crippen LogP contribution is -2.48. The summed E-state index contributed by atoms with van der Waals surface area (Å²) in [5.74, 6) is 4.56. The maximum atomic E-state index is 13.1. The molecule has 2 amide bonds. The van der Waals surface area contributed by atoms with Gasteiger partial charge in [-0.25, -0.2) is 49.1 Å². The largest absolute Gasteiger partial charge is 0.458 e. The van der Waals surface area contributed by atoms with Gasteiger partial charge in [0.2, 0.25) is 0 Å². The third kappa shape index (κ3) is 20.7. The number of piperidine rings is 2. The molecule has 2 fully saturated rings. The van der Waals surface area contributed by atoms with E-state index in [1.807, 2.05) is 60.7 Å². The maximum Gasteiger partial charge on any atom is 0.408 e. The molecule has 0 aliphatic carbocycles. The molecule has 0 unspecified atom stereocenters. The molecule has 0 saturated carbocycles. The number of carbonyl (C=O) groups is 4. The predicted octanol–water partition coefficient (Wildman–Crippen LogP) is 10.7. The first kappa shape index (κ1) is 68.7. The predicted molar refractivity (Wildman–Crippen MR) is 357 cm³/mol. The van der Waals surface area contributed by atoms with Gasteiger partial charge < -0.3 is 61.1 Å². The number of esters is 2. The topological polar surface area (TPSA) is 275 Å². The van der Waals surface area contributed by atoms with Gasteiger partial charge >= 0.3 is 24.1 Å². The van der Waals surface area contributed by atoms with E-state index < -0.39 is 47.4 Å². The summed E-state index contributed by atoms with van der Waals surface area (Å²) in [7, 11) is 0. The number of rotatable bonds is 18. The number of halogens is 1. The quantitative estimate of drug-likeness (QED) is 0.0265. The lowest BCUT2D eigenvalue weighted by Gasteiger charge is -2.34. The average molecular weight is 1310 g/mol. The molecule has 488 valence electrons. The fourth-order valence-corrected chi connectivity index (χ4v) is 11.7. The van der Waals surface area contributed by atoms with Crippen molar-refractivity contribution in [2.45, 2.75) is 168 Å². The number of amides is 2. The normalized spacial score (nSPS) is 15.6. The van der Waals surface area contributed by atoms with E-state index in [1.54, 1.807) is 54.2 Å². The average Bonchev–Trinajstić information content (AvgIpc) is 1.19. The van der Waals surface area contributed by atoms with Crippen LogP contribution in [0.2, 0.25) is 0 Å². The number of anilines is 5. The molecule has 4 aliphatic rings. The molecule has 2 atom stereocenters. The van der Waals surface area contributed by atoms with E-state index in [4.69, 9.17) is 34.6 Å². The second kappa shape index (κ2) is 33.2. The minimum absolute atomic E-state index is 0.0602. The van der Waals surface area contributed by atoms with E-state index >= 15 is 0 Å². The number of fused-ring (bicyclic) bond motifs is 2. The van der Waals surface area contributed by atoms with Crippen LogP contribution in [0.15, 0.2) is 102 Å². The van der Waals surface area contributed by atoms with Gasteiger partial charge in [-0.1, -0.05) is 86.6 Å². The zero-order valence-electron chi connectivity index (χ0n) is 54.0. The Balaban J connectivity index is 0.000000195. The van der Waals surface area contributed by atoms with E-state index in [0.29, 0.717) is 24.1 Å². The Morgan fingerprint density at radius 1 is 0.604 bits per heavy atom. The number of nitrogens with one attached hydrogen (secondary N) is 5. The van der Waals surface area contributed by atoms with Gasteiger partial charge in [0, 0.05) is 86.7 Å². The van der Waals surface area contributed by atoms with E-state index in [-0.39, 0.29) is 26.3 Å². The summed E-state index contributed by atoms with van der Waals surface area (Å²) < 4.78 is 22.1. The van der Waals surface area contributed by atoms with Crippen molar-refractivity contribution in [1.82, 2.24) is 40.5 Å². The molecule has 0 radical (unpaired) electrons. The summed E-state index contributed by atoms with van der Waals surface area (Å²) in [6, 6.07) is 25.6. The molecule has 2 aromatic carbocycles. The van der Waals surface area contributed by atoms with E-state index in [9.17, 15) is 19.2 Å². The molecule has 4 aromatic heterocycles. The smallest absolute Gasteiger partial charge is 0.408 e. The van der Waals surface area contributed by atoms with Crippen LogP contribution >= 0.6 is 15.9 Å². The molecular formula is C68H91BrN14O8. The number of hydrogen-bond donors (Lipinski definition) is 6. The molecule has 4 aliphatic heterocycles. The lowest BCUT2D eigenvalue weighted by atomic mass is 9.92. The fourth-order valence-electron chi connectivity index (χ4n) is 11.2. The Bertz CT molecular complexity index is 3340. The number of hydrogen-bond acceptors (Lipinski definition) is 20. The summed E-state index contributed by atoms with van der Waals surface area (Å²) in [5, 5.41) is 15.3. The van der Waals surface area contributed by atoms with Gasteiger partial charge in [0.15, 0.2) is 0 Å². The van der Waals surface area contributed by atoms with Gasteiger partial charge in [0.1, 0.15) is 82.8 Å². The van der Waals surface area contributed by atoms with E-state index in [1.165, 1.54) is 28.8 Å². The van der Waals surface area contributed by atoms with Crippen LogP contribution < -0.4 is 42.1 Å². The van der Waals surface area contributed by atoms with Crippen molar-refractivity contribution in [3.63, 3.8) is 0 Å². The molecule has 8 heterocycles. The minimum Gasteiger partial charge on any atom is -0.458 e. The lowest BCUT2D eigenvalue weighted by molar-refractivity contribution is -0.158. The van der Waals surface area contributed by atoms with Crippen molar-refractivity contribution < 1.29 is 38.1 Å². The zero-order chi connectivity index (χ0) is 64.9. The molecule has 23 heteroatoms. The van der Waals surface area contributed by atoms with Crippen LogP contribution in [-0.4, -0.2) is 130 Å². The second-order valence-electron chi connectivity index (χ2n) is 25.0. The summed E-state index contributed by atoms with van der Waals surface area (Å²) in [6.45, 7) is 20.8. The number of carbonyl (C=O) groups excluding carboxylic acids is 4. The highest BCUT2D eigenvalue weighted by Crippen LogP contribution is 2.36. The Morgan fingerprint density at radius 3 is 1.49 bits per heavy atom. The van der Waals surface area contributed by atoms with Crippen molar-refractivity contribution in [3.05, 3.63) is 147 Å². The third-order valence-electron chi connectivity index (χ3n) is 15.9. The highest BCUT2D eigenvalue weighted by atomic mass is 79.9. The minimum atomic E-state index is -0.995. The Morgan fingerprint density at radius 2 is 1.04 bits per heavy atom. The van der Waals surface area contributed by atoms with Crippen LogP contribution in [0.25, 0.3) is 0 Å². The molecule has 0 bridgehead atoms. The zero-order valence-corrected chi connectivity index (χ0v) is 55.6. The van der Waals surface area contributed by atoms with Crippen molar-refractivity contribution in [3.8, 4) is 0 Å². The van der Waals surface area contributed by atoms with Crippen molar-refractivity contribution in [2.75, 3.05) is 78.1 Å². The maximum absolute atomic E-state index is 13.1. The highest BCUT2D eigenvalue weighted by molar-refractivity contribution is 9.10. The number of pyridine rings is 2. The van der Waals surface area contributed by atoms with Gasteiger partial charge in [0.25, 0.3) is 0 Å². The number of aromatic nitrogens is 6. The molecule has 7 N–H and O–H groups in total. The monoisotopic (exact) mass is 1310 g/mol. The van der Waals surface area contributed by atoms with Crippen LogP contribution in [0.4, 0.5) is 38.7 Å². The fraction of sp³-hybridized carbons (Fsp3) is 0.500. The van der Waals surface area contributed by atoms with Gasteiger partial charge in [-0.2, -0.15) is 0 Å². The molecule has 10 rings (SSSR count). The number of ether oxygens (including phenoxy) is 4. The first-order valence-corrected chi connectivity index (χ1v) is 32.7. The summed E-state index contributed by atoms with van der Waals surface area (Å²) in [4.78, 5) is 81.9. The van der Waals surface area contributed by atoms with Crippen molar-refractivity contribution in [1.29, 1.82) is 0 Å². The summed E-state index contributed by atoms with van der Waals surface area (Å²) >= 11 is 3.56. The van der Waals surface area contributed by atoms with Gasteiger partial charge in [-0.05, 0) is 156 Å². The molecule has 22 nitrogen and oxygen atoms in total. The SMILES string of the molecule is CC(C)(C)OC(=O)[C@H](CN)NC(=O)OCc1ccccc1.CCc1c(Br)ncnc1N1CCC(c2ccc3c(n2)NCCC3)CC1.CCc1c(NC[C@H](NC(=O)OCc2ccccc2)C(=O)OC(C)(C)C)ncnc1N1CCC(c2ccc3c(n2)NCCC3)CC1. The molecular weight excluding hydrogens is 1220 g/mol. The number of alkyl carbamates (subject to hydrolysis) is 2. The molecule has 0 spiro atoms. The van der Waals surface area contributed by atoms with Crippen molar-refractivity contribution in [2.24, 2.45) is 5.73 Å². The van der Waals surface area contributed by atoms with Crippen LogP contribution in [-0.2, 0) is 67.4 Å². The van der Waals surface area contributed by atoms with Crippen molar-refractivity contribution >= 4 is 69.1 Å². The van der Waals surface area contributed by atoms with Gasteiger partial charge in [-0.3, -0.25) is 0 Å². The first-order valence-electron chi connectivity index (χ1n) is 31.9. The third-order valence-corrected chi connectivity index (χ3v) is 16.5.